The van der Waals surface area contributed by atoms with E-state index < -0.39 is 32.4 Å². The fourth-order valence-electron chi connectivity index (χ4n) is 3.65. The van der Waals surface area contributed by atoms with Crippen LogP contribution in [0.5, 0.6) is 0 Å². The average Bonchev–Trinajstić information content (AvgIpc) is 2.78. The number of halogens is 2. The van der Waals surface area contributed by atoms with E-state index >= 15 is 0 Å². The number of nitro groups is 1. The van der Waals surface area contributed by atoms with Gasteiger partial charge in [0.25, 0.3) is 21.6 Å². The average molecular weight is 490 g/mol. The molecule has 8 nitrogen and oxygen atoms in total. The first-order valence-electron chi connectivity index (χ1n) is 9.83. The lowest BCUT2D eigenvalue weighted by atomic mass is 10.0. The highest BCUT2D eigenvalue weighted by Crippen LogP contribution is 2.34. The van der Waals surface area contributed by atoms with Gasteiger partial charge in [0.05, 0.1) is 15.5 Å². The molecule has 0 atom stereocenters. The number of nitro benzene ring substituents is 1. The fraction of sp³-hybridized carbons (Fsp3) is 0.136. The zero-order valence-electron chi connectivity index (χ0n) is 17.0. The molecule has 1 aliphatic heterocycles. The van der Waals surface area contributed by atoms with Gasteiger partial charge in [-0.1, -0.05) is 17.7 Å². The lowest BCUT2D eigenvalue weighted by Crippen LogP contribution is -2.35. The molecule has 0 saturated carbocycles. The largest absolute Gasteiger partial charge is 0.322 e. The van der Waals surface area contributed by atoms with Crippen LogP contribution >= 0.6 is 11.6 Å². The van der Waals surface area contributed by atoms with Crippen molar-refractivity contribution in [2.75, 3.05) is 16.2 Å². The van der Waals surface area contributed by atoms with Crippen LogP contribution in [0.25, 0.3) is 0 Å². The molecule has 33 heavy (non-hydrogen) atoms. The smallest absolute Gasteiger partial charge is 0.282 e. The summed E-state index contributed by atoms with van der Waals surface area (Å²) in [5, 5.41) is 14.0. The zero-order chi connectivity index (χ0) is 23.8. The number of anilines is 2. The summed E-state index contributed by atoms with van der Waals surface area (Å²) in [5.41, 5.74) is 0.772. The molecule has 0 aliphatic carbocycles. The van der Waals surface area contributed by atoms with Gasteiger partial charge in [-0.25, -0.2) is 12.8 Å². The van der Waals surface area contributed by atoms with Gasteiger partial charge in [0.1, 0.15) is 11.4 Å². The minimum Gasteiger partial charge on any atom is -0.322 e. The van der Waals surface area contributed by atoms with E-state index in [0.29, 0.717) is 18.5 Å². The number of nitrogens with one attached hydrogen (secondary N) is 1. The van der Waals surface area contributed by atoms with E-state index in [1.807, 2.05) is 0 Å². The monoisotopic (exact) mass is 489 g/mol. The summed E-state index contributed by atoms with van der Waals surface area (Å²) >= 11 is 5.90. The van der Waals surface area contributed by atoms with Crippen LogP contribution in [0.15, 0.2) is 65.6 Å². The highest BCUT2D eigenvalue weighted by atomic mass is 35.5. The number of hydrogen-bond acceptors (Lipinski definition) is 5. The van der Waals surface area contributed by atoms with Crippen molar-refractivity contribution >= 4 is 44.6 Å². The minimum absolute atomic E-state index is 0.0549. The number of aryl methyl sites for hydroxylation is 1. The number of rotatable bonds is 5. The van der Waals surface area contributed by atoms with E-state index in [1.54, 1.807) is 12.1 Å². The molecule has 0 bridgehead atoms. The normalized spacial score (nSPS) is 13.3. The first-order valence-corrected chi connectivity index (χ1v) is 11.6. The maximum atomic E-state index is 13.3. The standard InChI is InChI=1S/C22H17ClFN3O5S/c23-15-4-10-20(27(29)30)19(12-15)22(28)25-17-7-3-14-2-1-11-26(21(14)13-17)33(31,32)18-8-5-16(24)6-9-18/h3-10,12-13H,1-2,11H2,(H,25,28). The van der Waals surface area contributed by atoms with Crippen molar-refractivity contribution in [3.05, 3.63) is 92.7 Å². The third-order valence-electron chi connectivity index (χ3n) is 5.22. The number of fused-ring (bicyclic) bond motifs is 1. The van der Waals surface area contributed by atoms with E-state index in [4.69, 9.17) is 11.6 Å². The van der Waals surface area contributed by atoms with Crippen molar-refractivity contribution in [3.8, 4) is 0 Å². The second-order valence-corrected chi connectivity index (χ2v) is 9.65. The van der Waals surface area contributed by atoms with Crippen molar-refractivity contribution in [1.29, 1.82) is 0 Å². The van der Waals surface area contributed by atoms with Gasteiger partial charge in [0, 0.05) is 23.3 Å². The molecule has 4 rings (SSSR count). The summed E-state index contributed by atoms with van der Waals surface area (Å²) in [7, 11) is -3.97. The van der Waals surface area contributed by atoms with Gasteiger partial charge in [0.15, 0.2) is 0 Å². The maximum Gasteiger partial charge on any atom is 0.282 e. The lowest BCUT2D eigenvalue weighted by molar-refractivity contribution is -0.385. The summed E-state index contributed by atoms with van der Waals surface area (Å²) in [6.45, 7) is 0.212. The van der Waals surface area contributed by atoms with Crippen LogP contribution in [0, 0.1) is 15.9 Å². The number of hydrogen-bond donors (Lipinski definition) is 1. The Hall–Kier alpha value is -3.50. The summed E-state index contributed by atoms with van der Waals surface area (Å²) in [6.07, 6.45) is 1.23. The predicted octanol–water partition coefficient (Wildman–Crippen LogP) is 4.78. The van der Waals surface area contributed by atoms with Crippen molar-refractivity contribution in [2.45, 2.75) is 17.7 Å². The molecule has 1 heterocycles. The number of carbonyl (C=O) groups excluding carboxylic acids is 1. The maximum absolute atomic E-state index is 13.3. The van der Waals surface area contributed by atoms with E-state index in [2.05, 4.69) is 5.32 Å². The molecule has 0 unspecified atom stereocenters. The molecule has 3 aromatic rings. The van der Waals surface area contributed by atoms with Gasteiger partial charge in [0.2, 0.25) is 0 Å². The topological polar surface area (TPSA) is 110 Å². The Morgan fingerprint density at radius 2 is 1.82 bits per heavy atom. The highest BCUT2D eigenvalue weighted by molar-refractivity contribution is 7.92. The van der Waals surface area contributed by atoms with Crippen LogP contribution in [0.1, 0.15) is 22.3 Å². The molecule has 0 spiro atoms. The lowest BCUT2D eigenvalue weighted by Gasteiger charge is -2.31. The van der Waals surface area contributed by atoms with Crippen molar-refractivity contribution < 1.29 is 22.5 Å². The minimum atomic E-state index is -3.97. The first kappa shape index (κ1) is 22.7. The van der Waals surface area contributed by atoms with Gasteiger partial charge >= 0.3 is 0 Å². The van der Waals surface area contributed by atoms with Gasteiger partial charge < -0.3 is 5.32 Å². The molecule has 1 aliphatic rings. The van der Waals surface area contributed by atoms with Gasteiger partial charge in [-0.15, -0.1) is 0 Å². The Morgan fingerprint density at radius 1 is 1.09 bits per heavy atom. The van der Waals surface area contributed by atoms with Crippen LogP contribution < -0.4 is 9.62 Å². The van der Waals surface area contributed by atoms with Crippen molar-refractivity contribution in [3.63, 3.8) is 0 Å². The number of sulfonamides is 1. The van der Waals surface area contributed by atoms with Crippen LogP contribution in [0.3, 0.4) is 0 Å². The molecule has 0 aromatic heterocycles. The molecular weight excluding hydrogens is 473 g/mol. The third-order valence-corrected chi connectivity index (χ3v) is 7.28. The van der Waals surface area contributed by atoms with Crippen LogP contribution in [-0.2, 0) is 16.4 Å². The predicted molar refractivity (Wildman–Crippen MR) is 122 cm³/mol. The summed E-state index contributed by atoms with van der Waals surface area (Å²) < 4.78 is 40.9. The van der Waals surface area contributed by atoms with Crippen LogP contribution in [0.4, 0.5) is 21.5 Å². The molecule has 0 saturated heterocycles. The highest BCUT2D eigenvalue weighted by Gasteiger charge is 2.30. The van der Waals surface area contributed by atoms with E-state index in [0.717, 1.165) is 23.8 Å². The van der Waals surface area contributed by atoms with E-state index in [1.165, 1.54) is 34.6 Å². The molecule has 1 N–H and O–H groups in total. The Morgan fingerprint density at radius 3 is 2.52 bits per heavy atom. The Balaban J connectivity index is 1.68. The summed E-state index contributed by atoms with van der Waals surface area (Å²) in [6, 6.07) is 13.0. The van der Waals surface area contributed by atoms with Crippen molar-refractivity contribution in [2.24, 2.45) is 0 Å². The third kappa shape index (κ3) is 4.53. The SMILES string of the molecule is O=C(Nc1ccc2c(c1)N(S(=O)(=O)c1ccc(F)cc1)CCC2)c1cc(Cl)ccc1[N+](=O)[O-]. The van der Waals surface area contributed by atoms with Gasteiger partial charge in [-0.3, -0.25) is 19.2 Å². The summed E-state index contributed by atoms with van der Waals surface area (Å²) in [5.74, 6) is -1.30. The van der Waals surface area contributed by atoms with E-state index in [-0.39, 0.29) is 27.7 Å². The molecule has 0 radical (unpaired) electrons. The summed E-state index contributed by atoms with van der Waals surface area (Å²) in [4.78, 5) is 23.3. The Labute approximate surface area is 193 Å². The van der Waals surface area contributed by atoms with E-state index in [9.17, 15) is 27.7 Å². The molecule has 170 valence electrons. The fourth-order valence-corrected chi connectivity index (χ4v) is 5.35. The molecule has 11 heteroatoms. The zero-order valence-corrected chi connectivity index (χ0v) is 18.6. The number of amides is 1. The number of benzene rings is 3. The van der Waals surface area contributed by atoms with Crippen LogP contribution in [-0.4, -0.2) is 25.8 Å². The number of carbonyl (C=O) groups is 1. The second kappa shape index (κ2) is 8.80. The Kier molecular flexibility index (Phi) is 6.05. The quantitative estimate of drug-likeness (QED) is 0.409. The van der Waals surface area contributed by atoms with Crippen molar-refractivity contribution in [1.82, 2.24) is 0 Å². The molecule has 3 aromatic carbocycles. The van der Waals surface area contributed by atoms with Gasteiger partial charge in [-0.2, -0.15) is 0 Å². The number of nitrogens with zero attached hydrogens (tertiary/aromatic N) is 2. The van der Waals surface area contributed by atoms with Gasteiger partial charge in [-0.05, 0) is 66.9 Å². The first-order chi connectivity index (χ1) is 15.7. The molecular formula is C22H17ClFN3O5S. The molecule has 0 fully saturated rings. The molecule has 1 amide bonds. The Bertz CT molecular complexity index is 1360. The van der Waals surface area contributed by atoms with Crippen LogP contribution in [0.2, 0.25) is 5.02 Å². The second-order valence-electron chi connectivity index (χ2n) is 7.35.